The van der Waals surface area contributed by atoms with Crippen LogP contribution in [0.25, 0.3) is 0 Å². The Labute approximate surface area is 108 Å². The Morgan fingerprint density at radius 1 is 1.12 bits per heavy atom. The molecule has 1 nitrogen and oxygen atoms in total. The van der Waals surface area contributed by atoms with Crippen LogP contribution < -0.4 is 5.32 Å². The topological polar surface area (TPSA) is 12.0 Å². The Bertz CT molecular complexity index is 220. The van der Waals surface area contributed by atoms with Gasteiger partial charge in [-0.2, -0.15) is 0 Å². The number of rotatable bonds is 5. The van der Waals surface area contributed by atoms with Crippen LogP contribution in [0.3, 0.4) is 0 Å². The lowest BCUT2D eigenvalue weighted by Crippen LogP contribution is -2.29. The maximum atomic E-state index is 3.72. The van der Waals surface area contributed by atoms with E-state index in [1.54, 1.807) is 0 Å². The summed E-state index contributed by atoms with van der Waals surface area (Å²) in [5.41, 5.74) is 0.660. The summed E-state index contributed by atoms with van der Waals surface area (Å²) in [6.07, 6.45) is 14.6. The van der Waals surface area contributed by atoms with Crippen LogP contribution in [0.4, 0.5) is 0 Å². The molecule has 2 rings (SSSR count). The largest absolute Gasteiger partial charge is 0.314 e. The van der Waals surface area contributed by atoms with E-state index < -0.39 is 0 Å². The van der Waals surface area contributed by atoms with Crippen LogP contribution in [0.5, 0.6) is 0 Å². The van der Waals surface area contributed by atoms with Gasteiger partial charge in [0.05, 0.1) is 0 Å². The lowest BCUT2D eigenvalue weighted by Gasteiger charge is -2.32. The fourth-order valence-corrected chi connectivity index (χ4v) is 4.12. The lowest BCUT2D eigenvalue weighted by atomic mass is 9.74. The first-order valence-corrected chi connectivity index (χ1v) is 7.95. The van der Waals surface area contributed by atoms with Gasteiger partial charge in [0.1, 0.15) is 0 Å². The minimum atomic E-state index is 0.660. The highest BCUT2D eigenvalue weighted by molar-refractivity contribution is 4.91. The van der Waals surface area contributed by atoms with Crippen LogP contribution >= 0.6 is 0 Å². The maximum Gasteiger partial charge on any atom is 0.00724 e. The third-order valence-corrected chi connectivity index (χ3v) is 5.02. The number of hydrogen-bond acceptors (Lipinski definition) is 1. The Balaban J connectivity index is 1.75. The van der Waals surface area contributed by atoms with Gasteiger partial charge in [0.25, 0.3) is 0 Å². The molecule has 0 spiro atoms. The second kappa shape index (κ2) is 6.22. The summed E-state index contributed by atoms with van der Waals surface area (Å²) in [5.74, 6) is 1.05. The molecule has 2 atom stereocenters. The Morgan fingerprint density at radius 2 is 1.88 bits per heavy atom. The van der Waals surface area contributed by atoms with Crippen LogP contribution in [-0.2, 0) is 0 Å². The zero-order valence-corrected chi connectivity index (χ0v) is 11.9. The first-order chi connectivity index (χ1) is 8.22. The van der Waals surface area contributed by atoms with Crippen LogP contribution in [0.1, 0.15) is 78.1 Å². The van der Waals surface area contributed by atoms with E-state index in [9.17, 15) is 0 Å². The van der Waals surface area contributed by atoms with E-state index in [1.165, 1.54) is 70.8 Å². The smallest absolute Gasteiger partial charge is 0.00724 e. The fourth-order valence-electron chi connectivity index (χ4n) is 4.12. The minimum Gasteiger partial charge on any atom is -0.314 e. The Kier molecular flexibility index (Phi) is 4.90. The van der Waals surface area contributed by atoms with Gasteiger partial charge in [-0.05, 0) is 50.0 Å². The van der Waals surface area contributed by atoms with Gasteiger partial charge in [-0.1, -0.05) is 46.0 Å². The van der Waals surface area contributed by atoms with Gasteiger partial charge < -0.3 is 5.32 Å². The molecule has 0 aromatic heterocycles. The predicted octanol–water partition coefficient (Wildman–Crippen LogP) is 4.52. The van der Waals surface area contributed by atoms with Crippen molar-refractivity contribution in [2.75, 3.05) is 6.54 Å². The average Bonchev–Trinajstić information content (AvgIpc) is 2.69. The van der Waals surface area contributed by atoms with Crippen molar-refractivity contribution >= 4 is 0 Å². The predicted molar refractivity (Wildman–Crippen MR) is 75.2 cm³/mol. The fraction of sp³-hybridized carbons (Fsp3) is 1.00. The van der Waals surface area contributed by atoms with Gasteiger partial charge >= 0.3 is 0 Å². The van der Waals surface area contributed by atoms with Crippen molar-refractivity contribution in [3.63, 3.8) is 0 Å². The molecule has 2 saturated carbocycles. The molecule has 1 heteroatoms. The van der Waals surface area contributed by atoms with Gasteiger partial charge in [0.2, 0.25) is 0 Å². The summed E-state index contributed by atoms with van der Waals surface area (Å²) in [6.45, 7) is 6.03. The highest BCUT2D eigenvalue weighted by Gasteiger charge is 2.36. The third kappa shape index (κ3) is 3.98. The second-order valence-corrected chi connectivity index (χ2v) is 6.91. The molecule has 1 N–H and O–H groups in total. The van der Waals surface area contributed by atoms with Crippen molar-refractivity contribution < 1.29 is 0 Å². The van der Waals surface area contributed by atoms with Crippen LogP contribution in [0.15, 0.2) is 0 Å². The first kappa shape index (κ1) is 13.4. The molecular weight excluding hydrogens is 206 g/mol. The van der Waals surface area contributed by atoms with Gasteiger partial charge in [-0.15, -0.1) is 0 Å². The van der Waals surface area contributed by atoms with Gasteiger partial charge in [0.15, 0.2) is 0 Å². The van der Waals surface area contributed by atoms with Gasteiger partial charge in [0, 0.05) is 6.04 Å². The molecule has 0 amide bonds. The van der Waals surface area contributed by atoms with Crippen LogP contribution in [0.2, 0.25) is 0 Å². The molecular formula is C16H31N. The second-order valence-electron chi connectivity index (χ2n) is 6.91. The molecule has 0 bridgehead atoms. The van der Waals surface area contributed by atoms with E-state index in [4.69, 9.17) is 0 Å². The normalized spacial score (nSPS) is 35.3. The van der Waals surface area contributed by atoms with Crippen molar-refractivity contribution in [2.24, 2.45) is 11.3 Å². The number of nitrogens with one attached hydrogen (secondary N) is 1. The molecule has 2 fully saturated rings. The first-order valence-electron chi connectivity index (χ1n) is 7.95. The Morgan fingerprint density at radius 3 is 2.59 bits per heavy atom. The molecule has 0 aliphatic heterocycles. The monoisotopic (exact) mass is 237 g/mol. The van der Waals surface area contributed by atoms with E-state index in [2.05, 4.69) is 19.2 Å². The van der Waals surface area contributed by atoms with Gasteiger partial charge in [-0.25, -0.2) is 0 Å². The number of hydrogen-bond donors (Lipinski definition) is 1. The van der Waals surface area contributed by atoms with Crippen molar-refractivity contribution in [3.05, 3.63) is 0 Å². The molecule has 0 radical (unpaired) electrons. The summed E-state index contributed by atoms with van der Waals surface area (Å²) < 4.78 is 0. The van der Waals surface area contributed by atoms with Crippen molar-refractivity contribution in [1.29, 1.82) is 0 Å². The highest BCUT2D eigenvalue weighted by Crippen LogP contribution is 2.45. The average molecular weight is 237 g/mol. The van der Waals surface area contributed by atoms with E-state index in [-0.39, 0.29) is 0 Å². The third-order valence-electron chi connectivity index (χ3n) is 5.02. The van der Waals surface area contributed by atoms with Crippen LogP contribution in [0, 0.1) is 11.3 Å². The standard InChI is InChI=1S/C16H31N/c1-3-11-17-15-9-10-16(2,13-15)12-14-7-5-4-6-8-14/h14-15,17H,3-13H2,1-2H3. The summed E-state index contributed by atoms with van der Waals surface area (Å²) in [7, 11) is 0. The van der Waals surface area contributed by atoms with Gasteiger partial charge in [-0.3, -0.25) is 0 Å². The zero-order valence-electron chi connectivity index (χ0n) is 11.9. The van der Waals surface area contributed by atoms with E-state index in [1.807, 2.05) is 0 Å². The molecule has 100 valence electrons. The van der Waals surface area contributed by atoms with E-state index in [0.717, 1.165) is 12.0 Å². The molecule has 0 heterocycles. The highest BCUT2D eigenvalue weighted by atomic mass is 14.9. The summed E-state index contributed by atoms with van der Waals surface area (Å²) in [5, 5.41) is 3.72. The molecule has 0 aromatic carbocycles. The van der Waals surface area contributed by atoms with E-state index >= 15 is 0 Å². The summed E-state index contributed by atoms with van der Waals surface area (Å²) >= 11 is 0. The summed E-state index contributed by atoms with van der Waals surface area (Å²) in [4.78, 5) is 0. The molecule has 0 saturated heterocycles. The quantitative estimate of drug-likeness (QED) is 0.741. The van der Waals surface area contributed by atoms with Crippen molar-refractivity contribution in [1.82, 2.24) is 5.32 Å². The van der Waals surface area contributed by atoms with Crippen molar-refractivity contribution in [3.8, 4) is 0 Å². The minimum absolute atomic E-state index is 0.660. The zero-order chi connectivity index (χ0) is 12.1. The summed E-state index contributed by atoms with van der Waals surface area (Å²) in [6, 6.07) is 0.823. The van der Waals surface area contributed by atoms with Crippen molar-refractivity contribution in [2.45, 2.75) is 84.1 Å². The maximum absolute atomic E-state index is 3.72. The van der Waals surface area contributed by atoms with E-state index in [0.29, 0.717) is 5.41 Å². The Hall–Kier alpha value is -0.0400. The SMILES string of the molecule is CCCNC1CCC(C)(CC2CCCCC2)C1. The molecule has 2 aliphatic rings. The molecule has 17 heavy (non-hydrogen) atoms. The molecule has 0 aromatic rings. The lowest BCUT2D eigenvalue weighted by molar-refractivity contribution is 0.204. The molecule has 2 aliphatic carbocycles. The van der Waals surface area contributed by atoms with Crippen LogP contribution in [-0.4, -0.2) is 12.6 Å². The molecule has 2 unspecified atom stereocenters.